The summed E-state index contributed by atoms with van der Waals surface area (Å²) in [5.74, 6) is 0.226. The number of nitriles is 1. The van der Waals surface area contributed by atoms with E-state index in [1.54, 1.807) is 24.3 Å². The van der Waals surface area contributed by atoms with Crippen molar-refractivity contribution in [2.24, 2.45) is 0 Å². The second-order valence-electron chi connectivity index (χ2n) is 2.70. The fraction of sp³-hybridized carbons (Fsp3) is 0. The largest absolute Gasteiger partial charge is 0.508 e. The number of aromatic nitrogens is 1. The molecule has 0 amide bonds. The van der Waals surface area contributed by atoms with E-state index in [9.17, 15) is 0 Å². The molecule has 14 heavy (non-hydrogen) atoms. The number of hydrogen-bond acceptors (Lipinski definition) is 4. The minimum Gasteiger partial charge on any atom is -0.508 e. The summed E-state index contributed by atoms with van der Waals surface area (Å²) in [5.41, 5.74) is 1.67. The standard InChI is InChI=1S/C10H6N2OS/c11-5-10-12-9(6-14-10)7-1-3-8(13)4-2-7/h1-4,6,13H. The third-order valence-corrected chi connectivity index (χ3v) is 2.51. The van der Waals surface area contributed by atoms with E-state index in [1.165, 1.54) is 11.3 Å². The Labute approximate surface area is 84.9 Å². The molecular weight excluding hydrogens is 196 g/mol. The molecule has 0 aliphatic heterocycles. The zero-order valence-corrected chi connectivity index (χ0v) is 7.95. The molecule has 0 fully saturated rings. The van der Waals surface area contributed by atoms with Crippen LogP contribution in [0.5, 0.6) is 5.75 Å². The summed E-state index contributed by atoms with van der Waals surface area (Å²) in [5, 5.41) is 20.0. The fourth-order valence-corrected chi connectivity index (χ4v) is 1.71. The Morgan fingerprint density at radius 2 is 2.00 bits per heavy atom. The van der Waals surface area contributed by atoms with Crippen molar-refractivity contribution < 1.29 is 5.11 Å². The van der Waals surface area contributed by atoms with Crippen LogP contribution in [0.2, 0.25) is 0 Å². The number of phenols is 1. The van der Waals surface area contributed by atoms with Gasteiger partial charge < -0.3 is 5.11 Å². The zero-order chi connectivity index (χ0) is 9.97. The highest BCUT2D eigenvalue weighted by Crippen LogP contribution is 2.23. The van der Waals surface area contributed by atoms with Crippen molar-refractivity contribution in [2.45, 2.75) is 0 Å². The average Bonchev–Trinajstić information content (AvgIpc) is 2.67. The predicted molar refractivity (Wildman–Crippen MR) is 53.9 cm³/mol. The lowest BCUT2D eigenvalue weighted by atomic mass is 10.2. The van der Waals surface area contributed by atoms with Gasteiger partial charge >= 0.3 is 0 Å². The molecule has 0 unspecified atom stereocenters. The Balaban J connectivity index is 2.40. The maximum Gasteiger partial charge on any atom is 0.194 e. The van der Waals surface area contributed by atoms with E-state index in [4.69, 9.17) is 10.4 Å². The first-order chi connectivity index (χ1) is 6.79. The minimum atomic E-state index is 0.226. The van der Waals surface area contributed by atoms with E-state index >= 15 is 0 Å². The van der Waals surface area contributed by atoms with Gasteiger partial charge in [-0.3, -0.25) is 0 Å². The summed E-state index contributed by atoms with van der Waals surface area (Å²) < 4.78 is 0. The SMILES string of the molecule is N#Cc1nc(-c2ccc(O)cc2)cs1. The van der Waals surface area contributed by atoms with Gasteiger partial charge in [-0.15, -0.1) is 11.3 Å². The molecule has 0 saturated carbocycles. The third kappa shape index (κ3) is 1.58. The molecular formula is C10H6N2OS. The van der Waals surface area contributed by atoms with Gasteiger partial charge in [0.25, 0.3) is 0 Å². The topological polar surface area (TPSA) is 56.9 Å². The van der Waals surface area contributed by atoms with Crippen molar-refractivity contribution >= 4 is 11.3 Å². The molecule has 0 aliphatic carbocycles. The number of rotatable bonds is 1. The number of nitrogens with zero attached hydrogens (tertiary/aromatic N) is 2. The first-order valence-corrected chi connectivity index (χ1v) is 4.82. The molecule has 2 aromatic rings. The van der Waals surface area contributed by atoms with E-state index in [0.29, 0.717) is 5.01 Å². The van der Waals surface area contributed by atoms with Gasteiger partial charge in [0.15, 0.2) is 5.01 Å². The Kier molecular flexibility index (Phi) is 2.17. The number of thiazole rings is 1. The lowest BCUT2D eigenvalue weighted by molar-refractivity contribution is 0.475. The van der Waals surface area contributed by atoms with Crippen LogP contribution in [0.15, 0.2) is 29.6 Å². The van der Waals surface area contributed by atoms with E-state index in [0.717, 1.165) is 11.3 Å². The molecule has 0 bridgehead atoms. The number of phenolic OH excluding ortho intramolecular Hbond substituents is 1. The van der Waals surface area contributed by atoms with Crippen LogP contribution in [0.3, 0.4) is 0 Å². The van der Waals surface area contributed by atoms with Gasteiger partial charge in [0.2, 0.25) is 0 Å². The van der Waals surface area contributed by atoms with Gasteiger partial charge in [0, 0.05) is 10.9 Å². The Bertz CT molecular complexity index is 482. The van der Waals surface area contributed by atoms with Gasteiger partial charge in [-0.25, -0.2) is 4.98 Å². The molecule has 0 aliphatic rings. The summed E-state index contributed by atoms with van der Waals surface area (Å²) in [6.07, 6.45) is 0. The molecule has 1 aromatic carbocycles. The zero-order valence-electron chi connectivity index (χ0n) is 7.14. The number of aromatic hydroxyl groups is 1. The summed E-state index contributed by atoms with van der Waals surface area (Å²) in [6.45, 7) is 0. The molecule has 0 atom stereocenters. The maximum atomic E-state index is 9.08. The molecule has 2 rings (SSSR count). The molecule has 3 nitrogen and oxygen atoms in total. The Morgan fingerprint density at radius 3 is 2.57 bits per heavy atom. The maximum absolute atomic E-state index is 9.08. The predicted octanol–water partition coefficient (Wildman–Crippen LogP) is 2.39. The fourth-order valence-electron chi connectivity index (χ4n) is 1.09. The summed E-state index contributed by atoms with van der Waals surface area (Å²) >= 11 is 1.31. The quantitative estimate of drug-likeness (QED) is 0.772. The molecule has 68 valence electrons. The first-order valence-electron chi connectivity index (χ1n) is 3.94. The molecule has 0 spiro atoms. The molecule has 1 heterocycles. The summed E-state index contributed by atoms with van der Waals surface area (Å²) in [6, 6.07) is 8.72. The minimum absolute atomic E-state index is 0.226. The van der Waals surface area contributed by atoms with Gasteiger partial charge in [0.1, 0.15) is 11.8 Å². The van der Waals surface area contributed by atoms with Crippen LogP contribution in [0.1, 0.15) is 5.01 Å². The van der Waals surface area contributed by atoms with Gasteiger partial charge in [-0.1, -0.05) is 0 Å². The highest BCUT2D eigenvalue weighted by molar-refractivity contribution is 7.10. The highest BCUT2D eigenvalue weighted by atomic mass is 32.1. The second kappa shape index (κ2) is 3.48. The molecule has 1 aromatic heterocycles. The van der Waals surface area contributed by atoms with E-state index < -0.39 is 0 Å². The number of hydrogen-bond donors (Lipinski definition) is 1. The Morgan fingerprint density at radius 1 is 1.29 bits per heavy atom. The monoisotopic (exact) mass is 202 g/mol. The van der Waals surface area contributed by atoms with Crippen LogP contribution in [-0.2, 0) is 0 Å². The van der Waals surface area contributed by atoms with Gasteiger partial charge in [0.05, 0.1) is 5.69 Å². The van der Waals surface area contributed by atoms with Gasteiger partial charge in [-0.2, -0.15) is 5.26 Å². The molecule has 4 heteroatoms. The van der Waals surface area contributed by atoms with Crippen LogP contribution in [0, 0.1) is 11.3 Å². The van der Waals surface area contributed by atoms with Crippen molar-refractivity contribution in [1.29, 1.82) is 5.26 Å². The lowest BCUT2D eigenvalue weighted by Crippen LogP contribution is -1.77. The third-order valence-electron chi connectivity index (χ3n) is 1.76. The van der Waals surface area contributed by atoms with Crippen molar-refractivity contribution in [1.82, 2.24) is 4.98 Å². The van der Waals surface area contributed by atoms with Crippen molar-refractivity contribution in [3.63, 3.8) is 0 Å². The second-order valence-corrected chi connectivity index (χ2v) is 3.55. The molecule has 0 saturated heterocycles. The smallest absolute Gasteiger partial charge is 0.194 e. The van der Waals surface area contributed by atoms with Gasteiger partial charge in [-0.05, 0) is 24.3 Å². The van der Waals surface area contributed by atoms with Crippen LogP contribution in [-0.4, -0.2) is 10.1 Å². The first kappa shape index (κ1) is 8.73. The Hall–Kier alpha value is -1.86. The van der Waals surface area contributed by atoms with Crippen molar-refractivity contribution in [3.05, 3.63) is 34.7 Å². The van der Waals surface area contributed by atoms with Crippen LogP contribution in [0.25, 0.3) is 11.3 Å². The van der Waals surface area contributed by atoms with E-state index in [2.05, 4.69) is 4.98 Å². The van der Waals surface area contributed by atoms with Crippen molar-refractivity contribution in [2.75, 3.05) is 0 Å². The van der Waals surface area contributed by atoms with Crippen LogP contribution in [0.4, 0.5) is 0 Å². The van der Waals surface area contributed by atoms with E-state index in [1.807, 2.05) is 11.4 Å². The van der Waals surface area contributed by atoms with Crippen LogP contribution >= 0.6 is 11.3 Å². The molecule has 1 N–H and O–H groups in total. The normalized spacial score (nSPS) is 9.64. The molecule has 0 radical (unpaired) electrons. The van der Waals surface area contributed by atoms with E-state index in [-0.39, 0.29) is 5.75 Å². The van der Waals surface area contributed by atoms with Crippen LogP contribution < -0.4 is 0 Å². The summed E-state index contributed by atoms with van der Waals surface area (Å²) in [7, 11) is 0. The number of benzene rings is 1. The summed E-state index contributed by atoms with van der Waals surface area (Å²) in [4.78, 5) is 4.10. The average molecular weight is 202 g/mol. The lowest BCUT2D eigenvalue weighted by Gasteiger charge is -1.95. The van der Waals surface area contributed by atoms with Crippen molar-refractivity contribution in [3.8, 4) is 23.1 Å². The highest BCUT2D eigenvalue weighted by Gasteiger charge is 2.03.